The highest BCUT2D eigenvalue weighted by atomic mass is 16.2. The number of rotatable bonds is 4. The number of nitrogens with zero attached hydrogens (tertiary/aromatic N) is 3. The van der Waals surface area contributed by atoms with Crippen molar-refractivity contribution in [2.24, 2.45) is 0 Å². The number of hydrogen-bond donors (Lipinski definition) is 2. The second-order valence-corrected chi connectivity index (χ2v) is 5.97. The first-order valence-corrected chi connectivity index (χ1v) is 7.27. The smallest absolute Gasteiger partial charge is 0.239 e. The minimum Gasteiger partial charge on any atom is -0.310 e. The summed E-state index contributed by atoms with van der Waals surface area (Å²) in [6.45, 7) is 10.6. The Morgan fingerprint density at radius 3 is 2.70 bits per heavy atom. The summed E-state index contributed by atoms with van der Waals surface area (Å²) in [6.07, 6.45) is 1.71. The average molecular weight is 279 g/mol. The van der Waals surface area contributed by atoms with Crippen LogP contribution in [0.1, 0.15) is 33.7 Å². The highest BCUT2D eigenvalue weighted by Crippen LogP contribution is 2.13. The van der Waals surface area contributed by atoms with Crippen LogP contribution in [0.2, 0.25) is 0 Å². The van der Waals surface area contributed by atoms with Crippen molar-refractivity contribution in [3.8, 4) is 0 Å². The Balaban J connectivity index is 1.90. The van der Waals surface area contributed by atoms with Crippen molar-refractivity contribution in [3.05, 3.63) is 12.3 Å². The highest BCUT2D eigenvalue weighted by Gasteiger charge is 2.22. The molecule has 2 atom stereocenters. The molecule has 0 bridgehead atoms. The maximum atomic E-state index is 12.2. The van der Waals surface area contributed by atoms with Crippen molar-refractivity contribution in [2.45, 2.75) is 45.8 Å². The molecule has 1 aromatic rings. The zero-order valence-electron chi connectivity index (χ0n) is 12.8. The number of piperazine rings is 1. The van der Waals surface area contributed by atoms with Crippen LogP contribution in [0.5, 0.6) is 0 Å². The Bertz CT molecular complexity index is 446. The van der Waals surface area contributed by atoms with E-state index in [-0.39, 0.29) is 11.9 Å². The Kier molecular flexibility index (Phi) is 4.77. The van der Waals surface area contributed by atoms with E-state index in [1.165, 1.54) is 0 Å². The van der Waals surface area contributed by atoms with Crippen LogP contribution in [0.3, 0.4) is 0 Å². The summed E-state index contributed by atoms with van der Waals surface area (Å²) >= 11 is 0. The second-order valence-electron chi connectivity index (χ2n) is 5.97. The lowest BCUT2D eigenvalue weighted by molar-refractivity contribution is -0.117. The van der Waals surface area contributed by atoms with Crippen LogP contribution in [0.25, 0.3) is 0 Å². The summed E-state index contributed by atoms with van der Waals surface area (Å²) in [6, 6.07) is 2.92. The Labute approximate surface area is 120 Å². The van der Waals surface area contributed by atoms with Crippen molar-refractivity contribution in [1.29, 1.82) is 0 Å². The van der Waals surface area contributed by atoms with Gasteiger partial charge in [-0.05, 0) is 27.7 Å². The van der Waals surface area contributed by atoms with E-state index in [2.05, 4.69) is 34.5 Å². The van der Waals surface area contributed by atoms with Gasteiger partial charge in [-0.3, -0.25) is 9.69 Å². The number of aromatic nitrogens is 2. The number of anilines is 1. The molecule has 0 aromatic carbocycles. The SMILES string of the molecule is CC1CN(CC(=O)Nc2ccnn2C(C)C)CC(C)N1. The van der Waals surface area contributed by atoms with Gasteiger partial charge in [0.15, 0.2) is 0 Å². The monoisotopic (exact) mass is 279 g/mol. The van der Waals surface area contributed by atoms with Gasteiger partial charge in [0, 0.05) is 37.3 Å². The van der Waals surface area contributed by atoms with Crippen LogP contribution in [0.4, 0.5) is 5.82 Å². The molecule has 2 N–H and O–H groups in total. The van der Waals surface area contributed by atoms with Gasteiger partial charge in [0.05, 0.1) is 12.7 Å². The van der Waals surface area contributed by atoms with Gasteiger partial charge in [0.1, 0.15) is 5.82 Å². The average Bonchev–Trinajstić information content (AvgIpc) is 2.75. The lowest BCUT2D eigenvalue weighted by atomic mass is 10.1. The normalized spacial score (nSPS) is 24.1. The molecule has 1 aliphatic rings. The fraction of sp³-hybridized carbons (Fsp3) is 0.714. The molecule has 20 heavy (non-hydrogen) atoms. The third kappa shape index (κ3) is 3.80. The molecule has 1 saturated heterocycles. The molecule has 2 unspecified atom stereocenters. The van der Waals surface area contributed by atoms with Crippen molar-refractivity contribution in [3.63, 3.8) is 0 Å². The minimum atomic E-state index is 0.0219. The molecule has 2 rings (SSSR count). The van der Waals surface area contributed by atoms with Gasteiger partial charge in [-0.25, -0.2) is 4.68 Å². The zero-order valence-corrected chi connectivity index (χ0v) is 12.8. The Morgan fingerprint density at radius 2 is 2.10 bits per heavy atom. The third-order valence-electron chi connectivity index (χ3n) is 3.43. The molecule has 6 heteroatoms. The fourth-order valence-corrected chi connectivity index (χ4v) is 2.78. The number of carbonyl (C=O) groups excluding carboxylic acids is 1. The van der Waals surface area contributed by atoms with Gasteiger partial charge in [-0.1, -0.05) is 0 Å². The first-order valence-electron chi connectivity index (χ1n) is 7.27. The van der Waals surface area contributed by atoms with Gasteiger partial charge in [0.25, 0.3) is 0 Å². The number of hydrogen-bond acceptors (Lipinski definition) is 4. The van der Waals surface area contributed by atoms with Gasteiger partial charge in [-0.2, -0.15) is 5.10 Å². The van der Waals surface area contributed by atoms with Crippen LogP contribution < -0.4 is 10.6 Å². The number of carbonyl (C=O) groups is 1. The molecule has 6 nitrogen and oxygen atoms in total. The molecule has 2 heterocycles. The quantitative estimate of drug-likeness (QED) is 0.866. The summed E-state index contributed by atoms with van der Waals surface area (Å²) in [4.78, 5) is 14.3. The van der Waals surface area contributed by atoms with Crippen molar-refractivity contribution in [1.82, 2.24) is 20.0 Å². The van der Waals surface area contributed by atoms with Crippen LogP contribution >= 0.6 is 0 Å². The van der Waals surface area contributed by atoms with Gasteiger partial charge in [0.2, 0.25) is 5.91 Å². The predicted octanol–water partition coefficient (Wildman–Crippen LogP) is 1.08. The third-order valence-corrected chi connectivity index (χ3v) is 3.43. The van der Waals surface area contributed by atoms with Crippen LogP contribution in [0.15, 0.2) is 12.3 Å². The first kappa shape index (κ1) is 15.0. The van der Waals surface area contributed by atoms with E-state index in [1.807, 2.05) is 24.6 Å². The molecule has 1 aromatic heterocycles. The molecule has 112 valence electrons. The number of amides is 1. The maximum Gasteiger partial charge on any atom is 0.239 e. The summed E-state index contributed by atoms with van der Waals surface area (Å²) in [7, 11) is 0. The van der Waals surface area contributed by atoms with E-state index in [4.69, 9.17) is 0 Å². The van der Waals surface area contributed by atoms with Crippen LogP contribution in [-0.2, 0) is 4.79 Å². The molecule has 0 aliphatic carbocycles. The van der Waals surface area contributed by atoms with Gasteiger partial charge >= 0.3 is 0 Å². The Morgan fingerprint density at radius 1 is 1.45 bits per heavy atom. The van der Waals surface area contributed by atoms with Crippen molar-refractivity contribution < 1.29 is 4.79 Å². The molecule has 0 saturated carbocycles. The lowest BCUT2D eigenvalue weighted by Crippen LogP contribution is -2.55. The van der Waals surface area contributed by atoms with E-state index in [0.29, 0.717) is 18.6 Å². The number of nitrogens with one attached hydrogen (secondary N) is 2. The summed E-state index contributed by atoms with van der Waals surface area (Å²) in [5, 5.41) is 10.6. The predicted molar refractivity (Wildman–Crippen MR) is 79.7 cm³/mol. The topological polar surface area (TPSA) is 62.2 Å². The molecule has 1 aliphatic heterocycles. The van der Waals surface area contributed by atoms with Crippen molar-refractivity contribution >= 4 is 11.7 Å². The molecule has 0 spiro atoms. The van der Waals surface area contributed by atoms with E-state index in [9.17, 15) is 4.79 Å². The minimum absolute atomic E-state index is 0.0219. The van der Waals surface area contributed by atoms with Crippen molar-refractivity contribution in [2.75, 3.05) is 25.0 Å². The van der Waals surface area contributed by atoms with E-state index in [1.54, 1.807) is 6.20 Å². The second kappa shape index (κ2) is 6.37. The van der Waals surface area contributed by atoms with E-state index >= 15 is 0 Å². The molecular formula is C14H25N5O. The zero-order chi connectivity index (χ0) is 14.7. The van der Waals surface area contributed by atoms with Crippen LogP contribution in [0, 0.1) is 0 Å². The highest BCUT2D eigenvalue weighted by molar-refractivity contribution is 5.91. The van der Waals surface area contributed by atoms with Gasteiger partial charge < -0.3 is 10.6 Å². The van der Waals surface area contributed by atoms with E-state index in [0.717, 1.165) is 18.9 Å². The molecule has 0 radical (unpaired) electrons. The first-order chi connectivity index (χ1) is 9.45. The lowest BCUT2D eigenvalue weighted by Gasteiger charge is -2.35. The maximum absolute atomic E-state index is 12.2. The fourth-order valence-electron chi connectivity index (χ4n) is 2.78. The molecule has 1 amide bonds. The summed E-state index contributed by atoms with van der Waals surface area (Å²) < 4.78 is 1.82. The van der Waals surface area contributed by atoms with E-state index < -0.39 is 0 Å². The summed E-state index contributed by atoms with van der Waals surface area (Å²) in [5.74, 6) is 0.787. The standard InChI is InChI=1S/C14H25N5O/c1-10(2)19-13(5-6-15-19)17-14(20)9-18-7-11(3)16-12(4)8-18/h5-6,10-12,16H,7-9H2,1-4H3,(H,17,20). The Hall–Kier alpha value is -1.40. The largest absolute Gasteiger partial charge is 0.310 e. The summed E-state index contributed by atoms with van der Waals surface area (Å²) in [5.41, 5.74) is 0. The van der Waals surface area contributed by atoms with Gasteiger partial charge in [-0.15, -0.1) is 0 Å². The molecule has 1 fully saturated rings. The van der Waals surface area contributed by atoms with Crippen LogP contribution in [-0.4, -0.2) is 52.3 Å². The molecular weight excluding hydrogens is 254 g/mol.